The summed E-state index contributed by atoms with van der Waals surface area (Å²) in [5.74, 6) is 1.68. The van der Waals surface area contributed by atoms with Gasteiger partial charge in [0.2, 0.25) is 5.82 Å². The summed E-state index contributed by atoms with van der Waals surface area (Å²) in [6, 6.07) is 20.7. The molecule has 0 unspecified atom stereocenters. The third-order valence-electron chi connectivity index (χ3n) is 5.03. The fraction of sp³-hybridized carbons (Fsp3) is 0.0800. The van der Waals surface area contributed by atoms with Crippen LogP contribution in [0.3, 0.4) is 0 Å². The van der Waals surface area contributed by atoms with Crippen molar-refractivity contribution in [3.05, 3.63) is 89.8 Å². The van der Waals surface area contributed by atoms with Gasteiger partial charge in [-0.05, 0) is 94.1 Å². The highest BCUT2D eigenvalue weighted by Gasteiger charge is 2.16. The molecule has 0 radical (unpaired) electrons. The van der Waals surface area contributed by atoms with Crippen LogP contribution in [0.25, 0.3) is 33.5 Å². The average molecular weight is 661 g/mol. The van der Waals surface area contributed by atoms with Crippen LogP contribution >= 0.6 is 45.2 Å². The molecule has 6 nitrogen and oxygen atoms in total. The molecule has 0 aliphatic carbocycles. The fourth-order valence-electron chi connectivity index (χ4n) is 3.54. The summed E-state index contributed by atoms with van der Waals surface area (Å²) in [6.07, 6.45) is 1.66. The highest BCUT2D eigenvalue weighted by Crippen LogP contribution is 2.29. The van der Waals surface area contributed by atoms with Crippen LogP contribution in [0.2, 0.25) is 0 Å². The zero-order valence-corrected chi connectivity index (χ0v) is 21.8. The predicted octanol–water partition coefficient (Wildman–Crippen LogP) is 6.30. The smallest absolute Gasteiger partial charge is 0.282 e. The number of ether oxygens (including phenoxy) is 1. The summed E-state index contributed by atoms with van der Waals surface area (Å²) in [5.41, 5.74) is 1.90. The highest BCUT2D eigenvalue weighted by molar-refractivity contribution is 14.1. The molecule has 0 aliphatic rings. The van der Waals surface area contributed by atoms with Gasteiger partial charge in [-0.3, -0.25) is 4.79 Å². The normalized spacial score (nSPS) is 11.6. The van der Waals surface area contributed by atoms with Crippen LogP contribution in [0.1, 0.15) is 12.5 Å². The number of aromatic nitrogens is 2. The van der Waals surface area contributed by atoms with Gasteiger partial charge in [0.25, 0.3) is 5.56 Å². The Bertz CT molecular complexity index is 1530. The van der Waals surface area contributed by atoms with Crippen LogP contribution in [0, 0.1) is 7.14 Å². The second-order valence-corrected chi connectivity index (χ2v) is 9.53. The first kappa shape index (κ1) is 22.1. The van der Waals surface area contributed by atoms with Crippen molar-refractivity contribution in [3.63, 3.8) is 0 Å². The maximum Gasteiger partial charge on any atom is 0.282 e. The van der Waals surface area contributed by atoms with E-state index in [0.29, 0.717) is 29.1 Å². The van der Waals surface area contributed by atoms with Crippen molar-refractivity contribution in [3.8, 4) is 17.3 Å². The molecule has 2 heterocycles. The molecule has 33 heavy (non-hydrogen) atoms. The molecule has 0 aliphatic heterocycles. The lowest BCUT2D eigenvalue weighted by Gasteiger charge is -2.10. The number of fused-ring (bicyclic) bond motifs is 2. The van der Waals surface area contributed by atoms with Crippen LogP contribution in [-0.2, 0) is 0 Å². The minimum absolute atomic E-state index is 0.261. The van der Waals surface area contributed by atoms with Gasteiger partial charge in [0.05, 0.1) is 30.9 Å². The Labute approximate surface area is 216 Å². The SMILES string of the molecule is CCOc1c(I)cc(C=Nn2c(-c3cc4ccccc4o3)nc3ccccc3c2=O)cc1I. The molecule has 164 valence electrons. The van der Waals surface area contributed by atoms with Crippen LogP contribution in [-0.4, -0.2) is 22.5 Å². The lowest BCUT2D eigenvalue weighted by molar-refractivity contribution is 0.335. The maximum absolute atomic E-state index is 13.4. The Morgan fingerprint density at radius 3 is 2.55 bits per heavy atom. The Balaban J connectivity index is 1.68. The first-order valence-electron chi connectivity index (χ1n) is 10.2. The number of hydrogen-bond donors (Lipinski definition) is 0. The third kappa shape index (κ3) is 4.29. The van der Waals surface area contributed by atoms with E-state index in [2.05, 4.69) is 50.3 Å². The minimum atomic E-state index is -0.261. The minimum Gasteiger partial charge on any atom is -0.492 e. The molecule has 0 saturated heterocycles. The molecule has 0 fully saturated rings. The van der Waals surface area contributed by atoms with Gasteiger partial charge < -0.3 is 9.15 Å². The molecule has 8 heteroatoms. The summed E-state index contributed by atoms with van der Waals surface area (Å²) in [6.45, 7) is 2.55. The second-order valence-electron chi connectivity index (χ2n) is 7.21. The topological polar surface area (TPSA) is 69.6 Å². The first-order valence-corrected chi connectivity index (χ1v) is 12.4. The summed E-state index contributed by atoms with van der Waals surface area (Å²) in [4.78, 5) is 18.1. The van der Waals surface area contributed by atoms with Gasteiger partial charge in [-0.25, -0.2) is 4.98 Å². The lowest BCUT2D eigenvalue weighted by atomic mass is 10.2. The van der Waals surface area contributed by atoms with Crippen molar-refractivity contribution in [2.45, 2.75) is 6.92 Å². The molecule has 0 saturated carbocycles. The Morgan fingerprint density at radius 2 is 1.79 bits per heavy atom. The molecule has 0 atom stereocenters. The van der Waals surface area contributed by atoms with E-state index in [9.17, 15) is 4.79 Å². The number of nitrogens with zero attached hydrogens (tertiary/aromatic N) is 3. The van der Waals surface area contributed by atoms with E-state index in [-0.39, 0.29) is 5.56 Å². The van der Waals surface area contributed by atoms with Crippen molar-refractivity contribution >= 4 is 73.3 Å². The number of halogens is 2. The number of rotatable bonds is 5. The van der Waals surface area contributed by atoms with E-state index in [1.54, 1.807) is 12.3 Å². The fourth-order valence-corrected chi connectivity index (χ4v) is 5.67. The van der Waals surface area contributed by atoms with E-state index in [0.717, 1.165) is 29.4 Å². The number of para-hydroxylation sites is 2. The van der Waals surface area contributed by atoms with Crippen LogP contribution < -0.4 is 10.3 Å². The molecule has 0 amide bonds. The largest absolute Gasteiger partial charge is 0.492 e. The number of furan rings is 1. The molecular weight excluding hydrogens is 644 g/mol. The summed E-state index contributed by atoms with van der Waals surface area (Å²) < 4.78 is 15.0. The zero-order chi connectivity index (χ0) is 22.9. The second kappa shape index (κ2) is 9.26. The molecule has 0 spiro atoms. The Kier molecular flexibility index (Phi) is 6.19. The van der Waals surface area contributed by atoms with Crippen LogP contribution in [0.15, 0.2) is 81.0 Å². The van der Waals surface area contributed by atoms with Gasteiger partial charge in [-0.2, -0.15) is 9.78 Å². The zero-order valence-electron chi connectivity index (χ0n) is 17.5. The molecule has 0 bridgehead atoms. The van der Waals surface area contributed by atoms with Crippen molar-refractivity contribution in [1.82, 2.24) is 9.66 Å². The molecule has 2 aromatic heterocycles. The summed E-state index contributed by atoms with van der Waals surface area (Å²) >= 11 is 4.49. The number of hydrogen-bond acceptors (Lipinski definition) is 5. The van der Waals surface area contributed by atoms with Crippen LogP contribution in [0.5, 0.6) is 5.75 Å². The molecule has 5 rings (SSSR count). The van der Waals surface area contributed by atoms with E-state index in [4.69, 9.17) is 14.1 Å². The van der Waals surface area contributed by atoms with Gasteiger partial charge in [0.1, 0.15) is 11.3 Å². The van der Waals surface area contributed by atoms with E-state index in [1.807, 2.05) is 67.6 Å². The van der Waals surface area contributed by atoms with Gasteiger partial charge in [-0.15, -0.1) is 0 Å². The van der Waals surface area contributed by atoms with Gasteiger partial charge in [0, 0.05) is 5.39 Å². The highest BCUT2D eigenvalue weighted by atomic mass is 127. The van der Waals surface area contributed by atoms with Gasteiger partial charge in [0.15, 0.2) is 5.76 Å². The predicted molar refractivity (Wildman–Crippen MR) is 147 cm³/mol. The lowest BCUT2D eigenvalue weighted by Crippen LogP contribution is -2.20. The van der Waals surface area contributed by atoms with Gasteiger partial charge in [-0.1, -0.05) is 30.3 Å². The Morgan fingerprint density at radius 1 is 1.06 bits per heavy atom. The van der Waals surface area contributed by atoms with E-state index < -0.39 is 0 Å². The number of benzene rings is 3. The van der Waals surface area contributed by atoms with Crippen molar-refractivity contribution < 1.29 is 9.15 Å². The third-order valence-corrected chi connectivity index (χ3v) is 6.63. The maximum atomic E-state index is 13.4. The van der Waals surface area contributed by atoms with Crippen molar-refractivity contribution in [2.24, 2.45) is 5.10 Å². The standard InChI is InChI=1S/C25H17I2N3O3/c1-2-32-23-18(26)11-15(12-19(23)27)14-28-30-24(22-13-16-7-3-6-10-21(16)33-22)29-20-9-5-4-8-17(20)25(30)31/h3-14H,2H2,1H3. The van der Waals surface area contributed by atoms with E-state index >= 15 is 0 Å². The van der Waals surface area contributed by atoms with Crippen LogP contribution in [0.4, 0.5) is 0 Å². The molecule has 3 aromatic carbocycles. The molecule has 5 aromatic rings. The van der Waals surface area contributed by atoms with Crippen molar-refractivity contribution in [1.29, 1.82) is 0 Å². The summed E-state index contributed by atoms with van der Waals surface area (Å²) in [7, 11) is 0. The molecule has 0 N–H and O–H groups in total. The summed E-state index contributed by atoms with van der Waals surface area (Å²) in [5, 5.41) is 5.96. The van der Waals surface area contributed by atoms with E-state index in [1.165, 1.54) is 4.68 Å². The van der Waals surface area contributed by atoms with Gasteiger partial charge >= 0.3 is 0 Å². The Hall–Kier alpha value is -2.73. The first-order chi connectivity index (χ1) is 16.0. The monoisotopic (exact) mass is 661 g/mol. The van der Waals surface area contributed by atoms with Crippen molar-refractivity contribution in [2.75, 3.05) is 6.61 Å². The quantitative estimate of drug-likeness (QED) is 0.164. The molecular formula is C25H17I2N3O3. The average Bonchev–Trinajstić information content (AvgIpc) is 3.25.